The zero-order valence-electron chi connectivity index (χ0n) is 20.0. The van der Waals surface area contributed by atoms with Crippen LogP contribution < -0.4 is 0 Å². The van der Waals surface area contributed by atoms with E-state index in [9.17, 15) is 0 Å². The molecular formula is C34H28. The summed E-state index contributed by atoms with van der Waals surface area (Å²) in [5, 5.41) is 0. The summed E-state index contributed by atoms with van der Waals surface area (Å²) in [6, 6.07) is 42.3. The van der Waals surface area contributed by atoms with Crippen LogP contribution in [0, 0.1) is 6.92 Å². The largest absolute Gasteiger partial charge is 0.0619 e. The lowest BCUT2D eigenvalue weighted by molar-refractivity contribution is 0.660. The van der Waals surface area contributed by atoms with Crippen molar-refractivity contribution < 1.29 is 0 Å². The maximum absolute atomic E-state index is 2.39. The summed E-state index contributed by atoms with van der Waals surface area (Å²) >= 11 is 0. The van der Waals surface area contributed by atoms with E-state index in [0.29, 0.717) is 0 Å². The monoisotopic (exact) mass is 436 g/mol. The number of aryl methyl sites for hydroxylation is 1. The molecule has 164 valence electrons. The van der Waals surface area contributed by atoms with Crippen molar-refractivity contribution in [3.63, 3.8) is 0 Å². The Bertz CT molecular complexity index is 1520. The average molecular weight is 437 g/mol. The van der Waals surface area contributed by atoms with Gasteiger partial charge < -0.3 is 0 Å². The first kappa shape index (κ1) is 20.7. The van der Waals surface area contributed by atoms with Crippen LogP contribution in [0.1, 0.15) is 30.5 Å². The standard InChI is InChI=1S/C34H28/c1-23-8-6-9-26(20-23)28-11-7-10-27(21-28)24-14-16-25(17-15-24)29-18-19-31-30-12-4-5-13-32(30)34(2,3)33(31)22-29/h4-22H,1-3H3. The summed E-state index contributed by atoms with van der Waals surface area (Å²) in [7, 11) is 0. The molecule has 0 saturated heterocycles. The molecule has 0 radical (unpaired) electrons. The molecule has 0 unspecified atom stereocenters. The third-order valence-electron chi connectivity index (χ3n) is 7.35. The summed E-state index contributed by atoms with van der Waals surface area (Å²) in [6.45, 7) is 6.82. The Labute approximate surface area is 202 Å². The van der Waals surface area contributed by atoms with Crippen LogP contribution in [0.2, 0.25) is 0 Å². The van der Waals surface area contributed by atoms with Crippen molar-refractivity contribution in [3.05, 3.63) is 132 Å². The van der Waals surface area contributed by atoms with E-state index in [-0.39, 0.29) is 5.41 Å². The van der Waals surface area contributed by atoms with Gasteiger partial charge in [-0.3, -0.25) is 0 Å². The topological polar surface area (TPSA) is 0 Å². The second kappa shape index (κ2) is 7.85. The Morgan fingerprint density at radius 2 is 0.941 bits per heavy atom. The number of hydrogen-bond acceptors (Lipinski definition) is 0. The van der Waals surface area contributed by atoms with Crippen LogP contribution in [0.3, 0.4) is 0 Å². The van der Waals surface area contributed by atoms with E-state index in [1.165, 1.54) is 61.2 Å². The van der Waals surface area contributed by atoms with Gasteiger partial charge >= 0.3 is 0 Å². The van der Waals surface area contributed by atoms with Gasteiger partial charge in [-0.1, -0.05) is 123 Å². The molecule has 0 fully saturated rings. The quantitative estimate of drug-likeness (QED) is 0.264. The summed E-state index contributed by atoms with van der Waals surface area (Å²) in [6.07, 6.45) is 0. The third kappa shape index (κ3) is 3.38. The molecule has 6 rings (SSSR count). The minimum Gasteiger partial charge on any atom is -0.0619 e. The van der Waals surface area contributed by atoms with Crippen molar-refractivity contribution >= 4 is 0 Å². The molecule has 0 atom stereocenters. The first-order valence-electron chi connectivity index (χ1n) is 12.0. The molecule has 0 aliphatic heterocycles. The van der Waals surface area contributed by atoms with Gasteiger partial charge in [-0.25, -0.2) is 0 Å². The third-order valence-corrected chi connectivity index (χ3v) is 7.35. The molecule has 0 spiro atoms. The summed E-state index contributed by atoms with van der Waals surface area (Å²) in [4.78, 5) is 0. The van der Waals surface area contributed by atoms with Crippen molar-refractivity contribution in [3.8, 4) is 44.5 Å². The molecule has 0 aromatic heterocycles. The van der Waals surface area contributed by atoms with Gasteiger partial charge in [-0.15, -0.1) is 0 Å². The highest BCUT2D eigenvalue weighted by atomic mass is 14.4. The van der Waals surface area contributed by atoms with Crippen molar-refractivity contribution in [2.75, 3.05) is 0 Å². The van der Waals surface area contributed by atoms with Gasteiger partial charge in [-0.05, 0) is 74.7 Å². The second-order valence-electron chi connectivity index (χ2n) is 9.96. The normalized spacial score (nSPS) is 13.4. The Morgan fingerprint density at radius 3 is 1.65 bits per heavy atom. The molecule has 0 heterocycles. The van der Waals surface area contributed by atoms with Gasteiger partial charge in [0.25, 0.3) is 0 Å². The highest BCUT2D eigenvalue weighted by Crippen LogP contribution is 2.49. The molecule has 0 heteroatoms. The molecule has 0 N–H and O–H groups in total. The SMILES string of the molecule is Cc1cccc(-c2cccc(-c3ccc(-c4ccc5c(c4)C(C)(C)c4ccccc4-5)cc3)c2)c1. The molecular weight excluding hydrogens is 408 g/mol. The molecule has 1 aliphatic carbocycles. The Balaban J connectivity index is 1.33. The van der Waals surface area contributed by atoms with Gasteiger partial charge in [0, 0.05) is 5.41 Å². The molecule has 5 aromatic rings. The number of fused-ring (bicyclic) bond motifs is 3. The highest BCUT2D eigenvalue weighted by Gasteiger charge is 2.35. The maximum Gasteiger partial charge on any atom is 0.0159 e. The van der Waals surface area contributed by atoms with Gasteiger partial charge in [0.1, 0.15) is 0 Å². The second-order valence-corrected chi connectivity index (χ2v) is 9.96. The molecule has 5 aromatic carbocycles. The number of rotatable bonds is 3. The average Bonchev–Trinajstić information content (AvgIpc) is 3.11. The van der Waals surface area contributed by atoms with Crippen molar-refractivity contribution in [2.24, 2.45) is 0 Å². The first-order valence-corrected chi connectivity index (χ1v) is 12.0. The summed E-state index contributed by atoms with van der Waals surface area (Å²) in [5.74, 6) is 0. The Hall–Kier alpha value is -3.90. The number of benzene rings is 5. The summed E-state index contributed by atoms with van der Waals surface area (Å²) < 4.78 is 0. The maximum atomic E-state index is 2.39. The molecule has 34 heavy (non-hydrogen) atoms. The van der Waals surface area contributed by atoms with Gasteiger partial charge in [0.2, 0.25) is 0 Å². The zero-order chi connectivity index (χ0) is 23.3. The zero-order valence-corrected chi connectivity index (χ0v) is 20.0. The van der Waals surface area contributed by atoms with E-state index in [4.69, 9.17) is 0 Å². The van der Waals surface area contributed by atoms with Gasteiger partial charge in [-0.2, -0.15) is 0 Å². The molecule has 0 amide bonds. The van der Waals surface area contributed by atoms with E-state index in [1.54, 1.807) is 0 Å². The van der Waals surface area contributed by atoms with Crippen LogP contribution in [-0.2, 0) is 5.41 Å². The van der Waals surface area contributed by atoms with Gasteiger partial charge in [0.15, 0.2) is 0 Å². The van der Waals surface area contributed by atoms with Crippen LogP contribution in [0.5, 0.6) is 0 Å². The molecule has 0 saturated carbocycles. The van der Waals surface area contributed by atoms with Gasteiger partial charge in [0.05, 0.1) is 0 Å². The fraction of sp³-hybridized carbons (Fsp3) is 0.118. The fourth-order valence-corrected chi connectivity index (χ4v) is 5.44. The molecule has 0 nitrogen and oxygen atoms in total. The van der Waals surface area contributed by atoms with E-state index < -0.39 is 0 Å². The molecule has 0 bridgehead atoms. The van der Waals surface area contributed by atoms with E-state index in [0.717, 1.165) is 0 Å². The van der Waals surface area contributed by atoms with Crippen molar-refractivity contribution in [1.29, 1.82) is 0 Å². The van der Waals surface area contributed by atoms with Crippen LogP contribution >= 0.6 is 0 Å². The van der Waals surface area contributed by atoms with E-state index in [1.807, 2.05) is 0 Å². The number of hydrogen-bond donors (Lipinski definition) is 0. The Morgan fingerprint density at radius 1 is 0.412 bits per heavy atom. The minimum atomic E-state index is 0.0259. The lowest BCUT2D eigenvalue weighted by atomic mass is 9.81. The van der Waals surface area contributed by atoms with Crippen LogP contribution in [-0.4, -0.2) is 0 Å². The van der Waals surface area contributed by atoms with Crippen LogP contribution in [0.25, 0.3) is 44.5 Å². The van der Waals surface area contributed by atoms with Crippen LogP contribution in [0.15, 0.2) is 115 Å². The lowest BCUT2D eigenvalue weighted by Crippen LogP contribution is -2.14. The lowest BCUT2D eigenvalue weighted by Gasteiger charge is -2.22. The van der Waals surface area contributed by atoms with E-state index >= 15 is 0 Å². The van der Waals surface area contributed by atoms with Crippen molar-refractivity contribution in [1.82, 2.24) is 0 Å². The predicted molar refractivity (Wildman–Crippen MR) is 145 cm³/mol. The summed E-state index contributed by atoms with van der Waals surface area (Å²) in [5.41, 5.74) is 14.4. The van der Waals surface area contributed by atoms with E-state index in [2.05, 4.69) is 136 Å². The fourth-order valence-electron chi connectivity index (χ4n) is 5.44. The first-order chi connectivity index (χ1) is 16.5. The van der Waals surface area contributed by atoms with Crippen LogP contribution in [0.4, 0.5) is 0 Å². The predicted octanol–water partition coefficient (Wildman–Crippen LogP) is 9.30. The Kier molecular flexibility index (Phi) is 4.78. The molecule has 1 aliphatic rings. The minimum absolute atomic E-state index is 0.0259. The smallest absolute Gasteiger partial charge is 0.0159 e. The highest BCUT2D eigenvalue weighted by molar-refractivity contribution is 5.84. The van der Waals surface area contributed by atoms with Crippen molar-refractivity contribution in [2.45, 2.75) is 26.2 Å².